The fraction of sp³-hybridized carbons (Fsp3) is 0.500. The first-order valence-electron chi connectivity index (χ1n) is 19.0. The Morgan fingerprint density at radius 3 is 2.28 bits per heavy atom. The number of hydrogen-bond donors (Lipinski definition) is 2. The maximum atomic E-state index is 15.0. The molecule has 0 amide bonds. The molecule has 4 aliphatic rings. The highest BCUT2D eigenvalue weighted by Gasteiger charge is 2.56. The normalized spacial score (nSPS) is 23.8. The molecule has 1 aromatic heterocycles. The third kappa shape index (κ3) is 7.50. The predicted octanol–water partition coefficient (Wildman–Crippen LogP) is 6.85. The zero-order chi connectivity index (χ0) is 37.4. The van der Waals surface area contributed by atoms with Gasteiger partial charge in [-0.15, -0.1) is 0 Å². The Morgan fingerprint density at radius 2 is 1.66 bits per heavy atom. The molecule has 1 unspecified atom stereocenters. The maximum absolute atomic E-state index is 15.0. The number of aliphatic imine (C=N–C) groups is 1. The number of guanidine groups is 1. The first-order valence-corrected chi connectivity index (χ1v) is 19.0. The summed E-state index contributed by atoms with van der Waals surface area (Å²) in [5.74, 6) is 3.31. The monoisotopic (exact) mass is 726 g/mol. The lowest BCUT2D eigenvalue weighted by molar-refractivity contribution is -0.108. The minimum atomic E-state index is -0.400. The quantitative estimate of drug-likeness (QED) is 0.136. The average molecular weight is 727 g/mol. The van der Waals surface area contributed by atoms with E-state index in [4.69, 9.17) is 19.5 Å². The molecule has 1 aliphatic heterocycles. The van der Waals surface area contributed by atoms with Gasteiger partial charge in [-0.3, -0.25) is 9.36 Å². The van der Waals surface area contributed by atoms with Crippen molar-refractivity contribution in [2.24, 2.45) is 28.2 Å². The van der Waals surface area contributed by atoms with Gasteiger partial charge in [-0.2, -0.15) is 0 Å². The highest BCUT2D eigenvalue weighted by atomic mass is 19.1. The number of rotatable bonds is 10. The Balaban J connectivity index is 1.21. The Bertz CT molecular complexity index is 2060. The lowest BCUT2D eigenvalue weighted by Gasteiger charge is -2.61. The van der Waals surface area contributed by atoms with E-state index in [1.807, 2.05) is 18.2 Å². The topological polar surface area (TPSA) is 93.0 Å². The molecule has 9 nitrogen and oxygen atoms in total. The van der Waals surface area contributed by atoms with Crippen LogP contribution in [0.1, 0.15) is 57.5 Å². The van der Waals surface area contributed by atoms with Crippen molar-refractivity contribution >= 4 is 22.5 Å². The fourth-order valence-electron chi connectivity index (χ4n) is 8.86. The van der Waals surface area contributed by atoms with Crippen molar-refractivity contribution in [3.63, 3.8) is 0 Å². The number of aromatic nitrogens is 2. The highest BCUT2D eigenvalue weighted by Crippen LogP contribution is 2.61. The molecule has 1 saturated heterocycles. The second kappa shape index (κ2) is 15.1. The van der Waals surface area contributed by atoms with E-state index in [0.29, 0.717) is 81.4 Å². The van der Waals surface area contributed by atoms with Crippen LogP contribution in [-0.2, 0) is 25.8 Å². The molecule has 11 heteroatoms. The van der Waals surface area contributed by atoms with Gasteiger partial charge in [0.1, 0.15) is 29.0 Å². The van der Waals surface area contributed by atoms with E-state index in [9.17, 15) is 9.18 Å². The molecule has 4 fully saturated rings. The van der Waals surface area contributed by atoms with Crippen molar-refractivity contribution in [2.45, 2.75) is 78.4 Å². The molecule has 2 bridgehead atoms. The number of benzene rings is 3. The van der Waals surface area contributed by atoms with Gasteiger partial charge in [-0.05, 0) is 97.2 Å². The van der Waals surface area contributed by atoms with Gasteiger partial charge in [0.25, 0.3) is 5.56 Å². The van der Waals surface area contributed by atoms with Crippen LogP contribution in [0.3, 0.4) is 0 Å². The number of halogens is 2. The second-order valence-electron chi connectivity index (χ2n) is 15.8. The number of ether oxygens (including phenoxy) is 2. The van der Waals surface area contributed by atoms with Gasteiger partial charge in [-0.25, -0.2) is 18.8 Å². The number of piperazine rings is 1. The van der Waals surface area contributed by atoms with Crippen molar-refractivity contribution in [3.8, 4) is 11.5 Å². The van der Waals surface area contributed by atoms with Gasteiger partial charge in [0.15, 0.2) is 5.96 Å². The molecular formula is C42H52F2N6O3. The first-order chi connectivity index (χ1) is 25.4. The number of methoxy groups -OCH3 is 2. The number of nitrogens with zero attached hydrogens (tertiary/aromatic N) is 4. The second-order valence-corrected chi connectivity index (χ2v) is 15.8. The Labute approximate surface area is 310 Å². The zero-order valence-electron chi connectivity index (χ0n) is 31.7. The molecule has 3 aromatic carbocycles. The standard InChI is InChI=1S/C42H52F2N6O3/c1-25-24-49(18-16-45-25)41(48-37-20-29-19-34(26(37)2)42(29,3)4)46-30-10-13-33-38(21-30)47-39(14-9-27-7-11-31(52-5)22-35(27)43)50(40(33)51)17-15-28-8-12-32(53-6)23-36(28)44/h7-8,10-13,21-23,25-26,29,34,37,45H,9,14-20,24H2,1-6H3,(H,46,48)/t25-,26-,29+,34-,37?/m0/s1. The van der Waals surface area contributed by atoms with E-state index in [2.05, 4.69) is 43.2 Å². The highest BCUT2D eigenvalue weighted by molar-refractivity contribution is 5.96. The van der Waals surface area contributed by atoms with Crippen LogP contribution in [0.4, 0.5) is 14.5 Å². The van der Waals surface area contributed by atoms with Crippen LogP contribution in [0.25, 0.3) is 10.9 Å². The van der Waals surface area contributed by atoms with Gasteiger partial charge in [-0.1, -0.05) is 32.9 Å². The molecule has 3 saturated carbocycles. The Kier molecular flexibility index (Phi) is 10.5. The molecule has 282 valence electrons. The minimum Gasteiger partial charge on any atom is -0.497 e. The summed E-state index contributed by atoms with van der Waals surface area (Å²) in [6.07, 6.45) is 3.28. The number of aryl methyl sites for hydroxylation is 3. The Hall–Kier alpha value is -4.51. The summed E-state index contributed by atoms with van der Waals surface area (Å²) < 4.78 is 41.9. The molecule has 4 aromatic rings. The van der Waals surface area contributed by atoms with Crippen LogP contribution < -0.4 is 25.7 Å². The van der Waals surface area contributed by atoms with Crippen LogP contribution in [0.15, 0.2) is 64.4 Å². The van der Waals surface area contributed by atoms with E-state index < -0.39 is 5.82 Å². The molecule has 0 radical (unpaired) electrons. The molecule has 3 aliphatic carbocycles. The lowest BCUT2D eigenvalue weighted by atomic mass is 9.45. The summed E-state index contributed by atoms with van der Waals surface area (Å²) in [4.78, 5) is 27.0. The SMILES string of the molecule is COc1ccc(CCc2nc3cc(NC(=NC4C[C@H]5C[C@@H]([C@@H]4C)C5(C)C)N4CCN[C@@H](C)C4)ccc3c(=O)n2CCc2ccc(OC)cc2F)c(F)c1. The number of anilines is 1. The average Bonchev–Trinajstić information content (AvgIpc) is 3.14. The van der Waals surface area contributed by atoms with E-state index in [1.165, 1.54) is 32.8 Å². The lowest BCUT2D eigenvalue weighted by Crippen LogP contribution is -2.57. The summed E-state index contributed by atoms with van der Waals surface area (Å²) in [7, 11) is 2.99. The van der Waals surface area contributed by atoms with Crippen LogP contribution in [0.2, 0.25) is 0 Å². The van der Waals surface area contributed by atoms with Gasteiger partial charge < -0.3 is 25.0 Å². The van der Waals surface area contributed by atoms with Gasteiger partial charge in [0, 0.05) is 56.5 Å². The van der Waals surface area contributed by atoms with E-state index in [1.54, 1.807) is 28.8 Å². The summed E-state index contributed by atoms with van der Waals surface area (Å²) in [6.45, 7) is 12.1. The zero-order valence-corrected chi connectivity index (χ0v) is 31.7. The van der Waals surface area contributed by atoms with Crippen LogP contribution in [0, 0.1) is 34.8 Å². The summed E-state index contributed by atoms with van der Waals surface area (Å²) in [5.41, 5.74) is 2.45. The smallest absolute Gasteiger partial charge is 0.261 e. The van der Waals surface area contributed by atoms with E-state index in [0.717, 1.165) is 37.7 Å². The fourth-order valence-corrected chi connectivity index (χ4v) is 8.86. The van der Waals surface area contributed by atoms with Crippen molar-refractivity contribution in [1.29, 1.82) is 0 Å². The minimum absolute atomic E-state index is 0.210. The molecule has 0 spiro atoms. The summed E-state index contributed by atoms with van der Waals surface area (Å²) in [6, 6.07) is 15.7. The molecule has 5 atom stereocenters. The number of hydrogen-bond acceptors (Lipinski definition) is 6. The maximum Gasteiger partial charge on any atom is 0.261 e. The molecule has 8 rings (SSSR count). The van der Waals surface area contributed by atoms with Gasteiger partial charge in [0.2, 0.25) is 0 Å². The molecule has 2 N–H and O–H groups in total. The third-order valence-electron chi connectivity index (χ3n) is 12.3. The Morgan fingerprint density at radius 1 is 0.962 bits per heavy atom. The molecular weight excluding hydrogens is 674 g/mol. The third-order valence-corrected chi connectivity index (χ3v) is 12.3. The molecule has 53 heavy (non-hydrogen) atoms. The summed E-state index contributed by atoms with van der Waals surface area (Å²) in [5, 5.41) is 7.66. The van der Waals surface area contributed by atoms with Crippen molar-refractivity contribution in [2.75, 3.05) is 39.2 Å². The van der Waals surface area contributed by atoms with Crippen LogP contribution in [0.5, 0.6) is 11.5 Å². The van der Waals surface area contributed by atoms with Crippen LogP contribution >= 0.6 is 0 Å². The van der Waals surface area contributed by atoms with Crippen LogP contribution in [-0.4, -0.2) is 66.3 Å². The first kappa shape index (κ1) is 36.8. The van der Waals surface area contributed by atoms with Gasteiger partial charge >= 0.3 is 0 Å². The van der Waals surface area contributed by atoms with Crippen molar-refractivity contribution in [3.05, 3.63) is 93.5 Å². The largest absolute Gasteiger partial charge is 0.497 e. The molecule has 2 heterocycles. The van der Waals surface area contributed by atoms with Crippen molar-refractivity contribution in [1.82, 2.24) is 19.8 Å². The number of fused-ring (bicyclic) bond motifs is 3. The van der Waals surface area contributed by atoms with Gasteiger partial charge in [0.05, 0.1) is 31.2 Å². The van der Waals surface area contributed by atoms with E-state index >= 15 is 4.39 Å². The number of nitrogens with one attached hydrogen (secondary N) is 2. The summed E-state index contributed by atoms with van der Waals surface area (Å²) >= 11 is 0. The van der Waals surface area contributed by atoms with E-state index in [-0.39, 0.29) is 30.4 Å². The predicted molar refractivity (Wildman–Crippen MR) is 206 cm³/mol. The van der Waals surface area contributed by atoms with Crippen molar-refractivity contribution < 1.29 is 18.3 Å².